The van der Waals surface area contributed by atoms with Crippen molar-refractivity contribution in [2.75, 3.05) is 4.90 Å². The van der Waals surface area contributed by atoms with Crippen LogP contribution in [0.3, 0.4) is 0 Å². The van der Waals surface area contributed by atoms with E-state index in [1.54, 1.807) is 0 Å². The van der Waals surface area contributed by atoms with E-state index in [0.717, 1.165) is 39.9 Å². The maximum absolute atomic E-state index is 7.46. The average molecular weight is 1100 g/mol. The molecule has 1 aliphatic heterocycles. The van der Waals surface area contributed by atoms with Crippen LogP contribution in [0.1, 0.15) is 61.1 Å². The van der Waals surface area contributed by atoms with Crippen LogP contribution in [0, 0.1) is 13.8 Å². The lowest BCUT2D eigenvalue weighted by atomic mass is 9.80. The zero-order valence-electron chi connectivity index (χ0n) is 48.9. The molecule has 86 heavy (non-hydrogen) atoms. The Balaban J connectivity index is 0.806. The van der Waals surface area contributed by atoms with Crippen LogP contribution in [0.15, 0.2) is 249 Å². The van der Waals surface area contributed by atoms with E-state index in [1.807, 2.05) is 0 Å². The van der Waals surface area contributed by atoms with Crippen LogP contribution >= 0.6 is 0 Å². The summed E-state index contributed by atoms with van der Waals surface area (Å²) in [7, 11) is 0. The van der Waals surface area contributed by atoms with Crippen LogP contribution in [0.4, 0.5) is 17.1 Å². The number of fused-ring (bicyclic) bond motifs is 18. The molecule has 0 unspecified atom stereocenters. The van der Waals surface area contributed by atoms with Crippen molar-refractivity contribution < 1.29 is 4.74 Å². The molecule has 15 aromatic rings. The van der Waals surface area contributed by atoms with Gasteiger partial charge in [-0.25, -0.2) is 0 Å². The quantitative estimate of drug-likeness (QED) is 0.171. The second-order valence-corrected chi connectivity index (χ2v) is 25.3. The topological polar surface area (TPSA) is 22.3 Å². The van der Waals surface area contributed by atoms with E-state index in [0.29, 0.717) is 0 Å². The van der Waals surface area contributed by atoms with E-state index in [2.05, 4.69) is 304 Å². The molecule has 0 N–H and O–H groups in total. The van der Waals surface area contributed by atoms with Gasteiger partial charge in [0.05, 0.1) is 33.4 Å². The van der Waals surface area contributed by atoms with E-state index in [1.165, 1.54) is 143 Å². The van der Waals surface area contributed by atoms with Crippen molar-refractivity contribution >= 4 is 82.2 Å². The van der Waals surface area contributed by atoms with Gasteiger partial charge in [-0.15, -0.1) is 0 Å². The van der Waals surface area contributed by atoms with Crippen molar-refractivity contribution in [1.82, 2.24) is 9.13 Å². The summed E-state index contributed by atoms with van der Waals surface area (Å²) in [5.74, 6) is 1.74. The fraction of sp³-hybridized carbons (Fsp3) is 0.0976. The van der Waals surface area contributed by atoms with Gasteiger partial charge >= 0.3 is 0 Å². The molecule has 0 radical (unpaired) electrons. The Hall–Kier alpha value is -10.4. The molecule has 0 saturated heterocycles. The molecule has 0 atom stereocenters. The summed E-state index contributed by atoms with van der Waals surface area (Å²) >= 11 is 0. The fourth-order valence-corrected chi connectivity index (χ4v) is 15.7. The standard InChI is InChI=1S/C82H59N3O/c1-48-33-36-70(49(2)39-48)85-75-44-64-66(81(3,4)68-42-60(54-25-13-15-29-58(54)79(64)68)50-34-37-73-62(40-50)56-27-17-19-31-71(56)83(73)52-21-9-7-10-22-52)46-77(75)86-78-47-67-65(45-76(78)85)80-59-30-16-14-26-55(59)61(43-69(80)82(67,5)6)51-35-38-74-63(41-51)57-28-18-20-32-72(57)84(74)53-23-11-8-12-24-53/h7-47H,1-6H3. The number of para-hydroxylation sites is 4. The SMILES string of the molecule is Cc1ccc(N2c3cc4c(cc3Oc3cc5c(cc32)-c2c(cc(-c3ccc6c(c3)c3ccccc3n6-c3ccccc3)c3ccccc23)C5(C)C)C(C)(C)c2cc(-c3ccc5c(c3)c3ccccc3n5-c3ccccc3)c3ccccc3c2-4)c(C)c1. The Labute approximate surface area is 500 Å². The molecular formula is C82H59N3O. The van der Waals surface area contributed by atoms with Gasteiger partial charge in [0.15, 0.2) is 11.5 Å². The normalized spacial score (nSPS) is 14.2. The third-order valence-corrected chi connectivity index (χ3v) is 19.8. The first-order chi connectivity index (χ1) is 42.0. The van der Waals surface area contributed by atoms with Crippen molar-refractivity contribution in [2.24, 2.45) is 0 Å². The number of hydrogen-bond acceptors (Lipinski definition) is 2. The second kappa shape index (κ2) is 17.6. The molecule has 0 fully saturated rings. The van der Waals surface area contributed by atoms with Gasteiger partial charge in [0, 0.05) is 49.4 Å². The van der Waals surface area contributed by atoms with Crippen molar-refractivity contribution in [3.63, 3.8) is 0 Å². The average Bonchev–Trinajstić information content (AvgIpc) is 1.56. The molecule has 2 aliphatic carbocycles. The minimum absolute atomic E-state index is 0.343. The van der Waals surface area contributed by atoms with Gasteiger partial charge in [-0.1, -0.05) is 179 Å². The van der Waals surface area contributed by atoms with Gasteiger partial charge in [-0.2, -0.15) is 0 Å². The highest BCUT2D eigenvalue weighted by Crippen LogP contribution is 2.63. The number of hydrogen-bond donors (Lipinski definition) is 0. The number of ether oxygens (including phenoxy) is 1. The predicted octanol–water partition coefficient (Wildman–Crippen LogP) is 22.3. The maximum Gasteiger partial charge on any atom is 0.151 e. The lowest BCUT2D eigenvalue weighted by Gasteiger charge is -2.36. The summed E-state index contributed by atoms with van der Waals surface area (Å²) in [6.45, 7) is 14.1. The third kappa shape index (κ3) is 6.70. The molecule has 2 aromatic heterocycles. The van der Waals surface area contributed by atoms with Crippen molar-refractivity contribution in [3.05, 3.63) is 282 Å². The Morgan fingerprint density at radius 1 is 0.302 bits per heavy atom. The molecule has 0 saturated carbocycles. The maximum atomic E-state index is 7.46. The highest BCUT2D eigenvalue weighted by atomic mass is 16.5. The summed E-state index contributed by atoms with van der Waals surface area (Å²) < 4.78 is 12.3. The lowest BCUT2D eigenvalue weighted by molar-refractivity contribution is 0.473. The van der Waals surface area contributed by atoms with Crippen LogP contribution in [-0.2, 0) is 10.8 Å². The van der Waals surface area contributed by atoms with E-state index in [4.69, 9.17) is 4.74 Å². The molecule has 4 heteroatoms. The van der Waals surface area contributed by atoms with E-state index in [9.17, 15) is 0 Å². The van der Waals surface area contributed by atoms with Gasteiger partial charge in [0.25, 0.3) is 0 Å². The molecule has 0 amide bonds. The summed E-state index contributed by atoms with van der Waals surface area (Å²) in [4.78, 5) is 2.51. The highest BCUT2D eigenvalue weighted by Gasteiger charge is 2.43. The zero-order chi connectivity index (χ0) is 57.5. The molecule has 13 aromatic carbocycles. The fourth-order valence-electron chi connectivity index (χ4n) is 15.7. The molecule has 18 rings (SSSR count). The van der Waals surface area contributed by atoms with Gasteiger partial charge in [0.1, 0.15) is 0 Å². The molecule has 0 bridgehead atoms. The summed E-state index contributed by atoms with van der Waals surface area (Å²) in [5.41, 5.74) is 27.4. The summed E-state index contributed by atoms with van der Waals surface area (Å²) in [6, 6.07) is 93.0. The Bertz CT molecular complexity index is 5150. The van der Waals surface area contributed by atoms with E-state index in [-0.39, 0.29) is 10.8 Å². The number of anilines is 3. The number of aryl methyl sites for hydroxylation is 2. The number of aromatic nitrogens is 2. The van der Waals surface area contributed by atoms with Crippen molar-refractivity contribution in [3.8, 4) is 67.4 Å². The lowest BCUT2D eigenvalue weighted by Crippen LogP contribution is -2.20. The monoisotopic (exact) mass is 1100 g/mol. The predicted molar refractivity (Wildman–Crippen MR) is 360 cm³/mol. The second-order valence-electron chi connectivity index (χ2n) is 25.3. The molecule has 408 valence electrons. The summed E-state index contributed by atoms with van der Waals surface area (Å²) in [6.07, 6.45) is 0. The molecule has 0 spiro atoms. The first-order valence-corrected chi connectivity index (χ1v) is 30.2. The molecule has 3 heterocycles. The number of nitrogens with zero attached hydrogens (tertiary/aromatic N) is 3. The zero-order valence-corrected chi connectivity index (χ0v) is 48.9. The van der Waals surface area contributed by atoms with Crippen molar-refractivity contribution in [2.45, 2.75) is 52.4 Å². The smallest absolute Gasteiger partial charge is 0.151 e. The third-order valence-electron chi connectivity index (χ3n) is 19.8. The Kier molecular flexibility index (Phi) is 10.0. The van der Waals surface area contributed by atoms with Crippen LogP contribution in [0.5, 0.6) is 11.5 Å². The van der Waals surface area contributed by atoms with Gasteiger partial charge < -0.3 is 18.8 Å². The van der Waals surface area contributed by atoms with Crippen LogP contribution in [-0.4, -0.2) is 9.13 Å². The first-order valence-electron chi connectivity index (χ1n) is 30.2. The largest absolute Gasteiger partial charge is 0.453 e. The highest BCUT2D eigenvalue weighted by molar-refractivity contribution is 6.16. The molecular weight excluding hydrogens is 1040 g/mol. The van der Waals surface area contributed by atoms with E-state index >= 15 is 0 Å². The number of benzene rings is 13. The van der Waals surface area contributed by atoms with Crippen molar-refractivity contribution in [1.29, 1.82) is 0 Å². The Morgan fingerprint density at radius 2 is 0.709 bits per heavy atom. The molecule has 3 aliphatic rings. The first kappa shape index (κ1) is 49.0. The van der Waals surface area contributed by atoms with Gasteiger partial charge in [-0.3, -0.25) is 0 Å². The molecule has 4 nitrogen and oxygen atoms in total. The van der Waals surface area contributed by atoms with Gasteiger partial charge in [0.2, 0.25) is 0 Å². The number of rotatable bonds is 5. The van der Waals surface area contributed by atoms with Crippen LogP contribution < -0.4 is 9.64 Å². The Morgan fingerprint density at radius 3 is 1.16 bits per heavy atom. The van der Waals surface area contributed by atoms with Gasteiger partial charge in [-0.05, 0) is 211 Å². The van der Waals surface area contributed by atoms with Crippen LogP contribution in [0.25, 0.3) is 121 Å². The van der Waals surface area contributed by atoms with Crippen LogP contribution in [0.2, 0.25) is 0 Å². The minimum Gasteiger partial charge on any atom is -0.453 e. The van der Waals surface area contributed by atoms with E-state index < -0.39 is 0 Å². The summed E-state index contributed by atoms with van der Waals surface area (Å²) in [5, 5.41) is 10.0. The minimum atomic E-state index is -0.343.